The predicted molar refractivity (Wildman–Crippen MR) is 99.0 cm³/mol. The summed E-state index contributed by atoms with van der Waals surface area (Å²) in [6, 6.07) is 3.88. The van der Waals surface area contributed by atoms with Crippen molar-refractivity contribution in [2.45, 2.75) is 38.1 Å². The monoisotopic (exact) mass is 347 g/mol. The van der Waals surface area contributed by atoms with Crippen molar-refractivity contribution in [3.63, 3.8) is 0 Å². The van der Waals surface area contributed by atoms with Crippen molar-refractivity contribution in [2.24, 2.45) is 5.92 Å². The molecular weight excluding hydrogens is 318 g/mol. The largest absolute Gasteiger partial charge is 0.368 e. The molecule has 1 aromatic heterocycles. The summed E-state index contributed by atoms with van der Waals surface area (Å²) in [4.78, 5) is 18.8. The zero-order valence-corrected chi connectivity index (χ0v) is 15.1. The van der Waals surface area contributed by atoms with Crippen LogP contribution in [-0.4, -0.2) is 60.6 Å². The van der Waals surface area contributed by atoms with Crippen molar-refractivity contribution in [1.82, 2.24) is 15.2 Å². The standard InChI is InChI=1S/C18H29N5O2/c1-21-10-5-15(6-11-21)4-9-19-16-7-12-22(13-8-16)17-2-3-18(20-14-17)23(24)25/h2-3,14-16,19H,4-13H2,1H3. The maximum atomic E-state index is 10.7. The fraction of sp³-hybridized carbons (Fsp3) is 0.722. The second kappa shape index (κ2) is 8.58. The summed E-state index contributed by atoms with van der Waals surface area (Å²) in [5, 5.41) is 14.4. The van der Waals surface area contributed by atoms with E-state index in [-0.39, 0.29) is 5.82 Å². The van der Waals surface area contributed by atoms with E-state index in [1.807, 2.05) is 0 Å². The van der Waals surface area contributed by atoms with Crippen molar-refractivity contribution in [3.05, 3.63) is 28.4 Å². The lowest BCUT2D eigenvalue weighted by Gasteiger charge is -2.34. The highest BCUT2D eigenvalue weighted by Crippen LogP contribution is 2.22. The van der Waals surface area contributed by atoms with Crippen LogP contribution in [0.25, 0.3) is 0 Å². The third kappa shape index (κ3) is 5.12. The summed E-state index contributed by atoms with van der Waals surface area (Å²) in [5.74, 6) is 0.796. The molecule has 0 unspecified atom stereocenters. The van der Waals surface area contributed by atoms with E-state index in [2.05, 4.69) is 27.1 Å². The van der Waals surface area contributed by atoms with Crippen LogP contribution in [-0.2, 0) is 0 Å². The van der Waals surface area contributed by atoms with E-state index in [0.717, 1.165) is 44.1 Å². The van der Waals surface area contributed by atoms with Gasteiger partial charge in [-0.1, -0.05) is 0 Å². The average molecular weight is 347 g/mol. The molecule has 0 aromatic carbocycles. The molecule has 7 heteroatoms. The Morgan fingerprint density at radius 3 is 2.52 bits per heavy atom. The van der Waals surface area contributed by atoms with E-state index in [9.17, 15) is 10.1 Å². The van der Waals surface area contributed by atoms with Gasteiger partial charge in [0.1, 0.15) is 0 Å². The molecule has 138 valence electrons. The van der Waals surface area contributed by atoms with E-state index < -0.39 is 4.92 Å². The first kappa shape index (κ1) is 18.1. The smallest absolute Gasteiger partial charge is 0.363 e. The topological polar surface area (TPSA) is 74.5 Å². The number of aromatic nitrogens is 1. The molecule has 0 bridgehead atoms. The minimum absolute atomic E-state index is 0.0887. The Labute approximate surface area is 149 Å². The quantitative estimate of drug-likeness (QED) is 0.629. The Balaban J connectivity index is 1.36. The number of rotatable bonds is 6. The van der Waals surface area contributed by atoms with E-state index in [1.54, 1.807) is 12.3 Å². The minimum atomic E-state index is -0.454. The van der Waals surface area contributed by atoms with Crippen molar-refractivity contribution in [1.29, 1.82) is 0 Å². The van der Waals surface area contributed by atoms with Gasteiger partial charge in [-0.2, -0.15) is 0 Å². The maximum absolute atomic E-state index is 10.7. The Hall–Kier alpha value is -1.73. The zero-order valence-electron chi connectivity index (χ0n) is 15.1. The van der Waals surface area contributed by atoms with Crippen LogP contribution in [0.1, 0.15) is 32.1 Å². The van der Waals surface area contributed by atoms with Gasteiger partial charge in [0.2, 0.25) is 0 Å². The van der Waals surface area contributed by atoms with Gasteiger partial charge in [-0.15, -0.1) is 0 Å². The van der Waals surface area contributed by atoms with Gasteiger partial charge >= 0.3 is 5.82 Å². The number of pyridine rings is 1. The normalized spacial score (nSPS) is 20.8. The van der Waals surface area contributed by atoms with Crippen molar-refractivity contribution < 1.29 is 4.92 Å². The molecule has 2 aliphatic rings. The first-order valence-corrected chi connectivity index (χ1v) is 9.39. The fourth-order valence-electron chi connectivity index (χ4n) is 3.86. The molecule has 0 amide bonds. The zero-order chi connectivity index (χ0) is 17.6. The van der Waals surface area contributed by atoms with Crippen LogP contribution >= 0.6 is 0 Å². The molecule has 0 aliphatic carbocycles. The molecule has 1 aromatic rings. The molecule has 2 saturated heterocycles. The SMILES string of the molecule is CN1CCC(CCNC2CCN(c3ccc([N+](=O)[O-])nc3)CC2)CC1. The molecule has 0 atom stereocenters. The van der Waals surface area contributed by atoms with Crippen molar-refractivity contribution >= 4 is 11.5 Å². The average Bonchev–Trinajstić information content (AvgIpc) is 2.64. The Kier molecular flexibility index (Phi) is 6.20. The summed E-state index contributed by atoms with van der Waals surface area (Å²) in [6.07, 6.45) is 7.81. The minimum Gasteiger partial charge on any atom is -0.368 e. The van der Waals surface area contributed by atoms with Crippen LogP contribution < -0.4 is 10.2 Å². The van der Waals surface area contributed by atoms with Gasteiger partial charge in [0.05, 0.1) is 5.69 Å². The lowest BCUT2D eigenvalue weighted by molar-refractivity contribution is -0.389. The van der Waals surface area contributed by atoms with E-state index in [4.69, 9.17) is 0 Å². The third-order valence-corrected chi connectivity index (χ3v) is 5.60. The lowest BCUT2D eigenvalue weighted by Crippen LogP contribution is -2.43. The van der Waals surface area contributed by atoms with Gasteiger partial charge in [-0.25, -0.2) is 0 Å². The van der Waals surface area contributed by atoms with Gasteiger partial charge in [0.15, 0.2) is 6.20 Å². The predicted octanol–water partition coefficient (Wildman–Crippen LogP) is 2.28. The first-order chi connectivity index (χ1) is 12.1. The summed E-state index contributed by atoms with van der Waals surface area (Å²) < 4.78 is 0. The van der Waals surface area contributed by atoms with Crippen LogP contribution in [0.15, 0.2) is 18.3 Å². The lowest BCUT2D eigenvalue weighted by atomic mass is 9.93. The van der Waals surface area contributed by atoms with Crippen molar-refractivity contribution in [2.75, 3.05) is 44.7 Å². The molecule has 2 aliphatic heterocycles. The number of nitrogens with one attached hydrogen (secondary N) is 1. The van der Waals surface area contributed by atoms with Crippen LogP contribution in [0.4, 0.5) is 11.5 Å². The summed E-state index contributed by atoms with van der Waals surface area (Å²) in [6.45, 7) is 5.56. The Bertz CT molecular complexity index is 549. The van der Waals surface area contributed by atoms with Crippen LogP contribution in [0, 0.1) is 16.0 Å². The molecule has 3 rings (SSSR count). The molecule has 2 fully saturated rings. The van der Waals surface area contributed by atoms with E-state index in [0.29, 0.717) is 6.04 Å². The molecule has 3 heterocycles. The van der Waals surface area contributed by atoms with Crippen LogP contribution in [0.3, 0.4) is 0 Å². The van der Waals surface area contributed by atoms with E-state index >= 15 is 0 Å². The number of likely N-dealkylation sites (tertiary alicyclic amines) is 1. The second-order valence-electron chi connectivity index (χ2n) is 7.38. The van der Waals surface area contributed by atoms with Gasteiger partial charge in [-0.3, -0.25) is 0 Å². The number of hydrogen-bond acceptors (Lipinski definition) is 6. The number of nitro groups is 1. The first-order valence-electron chi connectivity index (χ1n) is 9.39. The van der Waals surface area contributed by atoms with Gasteiger partial charge in [0.25, 0.3) is 0 Å². The Morgan fingerprint density at radius 2 is 1.92 bits per heavy atom. The highest BCUT2D eigenvalue weighted by Gasteiger charge is 2.21. The summed E-state index contributed by atoms with van der Waals surface area (Å²) in [7, 11) is 2.21. The molecule has 0 radical (unpaired) electrons. The van der Waals surface area contributed by atoms with Crippen LogP contribution in [0.5, 0.6) is 0 Å². The highest BCUT2D eigenvalue weighted by molar-refractivity contribution is 5.46. The van der Waals surface area contributed by atoms with Gasteiger partial charge < -0.3 is 25.2 Å². The number of anilines is 1. The number of hydrogen-bond donors (Lipinski definition) is 1. The molecule has 25 heavy (non-hydrogen) atoms. The summed E-state index contributed by atoms with van der Waals surface area (Å²) in [5.41, 5.74) is 0.982. The molecule has 7 nitrogen and oxygen atoms in total. The number of nitrogens with zero attached hydrogens (tertiary/aromatic N) is 4. The molecule has 0 saturated carbocycles. The maximum Gasteiger partial charge on any atom is 0.363 e. The van der Waals surface area contributed by atoms with Crippen molar-refractivity contribution in [3.8, 4) is 0 Å². The number of piperidine rings is 2. The third-order valence-electron chi connectivity index (χ3n) is 5.60. The van der Waals surface area contributed by atoms with Gasteiger partial charge in [0, 0.05) is 25.2 Å². The fourth-order valence-corrected chi connectivity index (χ4v) is 3.86. The molecule has 0 spiro atoms. The molecular formula is C18H29N5O2. The Morgan fingerprint density at radius 1 is 1.20 bits per heavy atom. The molecule has 1 N–H and O–H groups in total. The van der Waals surface area contributed by atoms with Crippen LogP contribution in [0.2, 0.25) is 0 Å². The highest BCUT2D eigenvalue weighted by atomic mass is 16.6. The van der Waals surface area contributed by atoms with Gasteiger partial charge in [-0.05, 0) is 80.7 Å². The second-order valence-corrected chi connectivity index (χ2v) is 7.38. The van der Waals surface area contributed by atoms with E-state index in [1.165, 1.54) is 38.4 Å². The summed E-state index contributed by atoms with van der Waals surface area (Å²) >= 11 is 0.